The number of ether oxygens (including phenoxy) is 1. The van der Waals surface area contributed by atoms with Crippen LogP contribution in [0.5, 0.6) is 0 Å². The zero-order valence-electron chi connectivity index (χ0n) is 18.9. The minimum Gasteiger partial charge on any atom is -0.465 e. The molecule has 0 radical (unpaired) electrons. The summed E-state index contributed by atoms with van der Waals surface area (Å²) in [5, 5.41) is 12.7. The number of carbonyl (C=O) groups excluding carboxylic acids is 2. The van der Waals surface area contributed by atoms with Crippen LogP contribution >= 0.6 is 11.3 Å². The van der Waals surface area contributed by atoms with E-state index in [0.29, 0.717) is 5.56 Å². The van der Waals surface area contributed by atoms with E-state index in [0.717, 1.165) is 53.1 Å². The lowest BCUT2D eigenvalue weighted by molar-refractivity contribution is -0.124. The molecule has 0 unspecified atom stereocenters. The van der Waals surface area contributed by atoms with Crippen molar-refractivity contribution in [2.45, 2.75) is 26.7 Å². The number of rotatable bonds is 5. The zero-order chi connectivity index (χ0) is 23.5. The van der Waals surface area contributed by atoms with Crippen molar-refractivity contribution >= 4 is 45.1 Å². The first-order chi connectivity index (χ1) is 15.9. The molecule has 0 spiro atoms. The molecule has 9 heteroatoms. The van der Waals surface area contributed by atoms with Crippen molar-refractivity contribution in [3.63, 3.8) is 0 Å². The minimum atomic E-state index is -0.362. The van der Waals surface area contributed by atoms with Gasteiger partial charge in [0.2, 0.25) is 5.91 Å². The molecule has 1 aliphatic heterocycles. The number of fused-ring (bicyclic) bond motifs is 1. The van der Waals surface area contributed by atoms with Crippen LogP contribution in [0.25, 0.3) is 21.3 Å². The van der Waals surface area contributed by atoms with Crippen molar-refractivity contribution in [2.24, 2.45) is 11.8 Å². The van der Waals surface area contributed by atoms with E-state index in [1.54, 1.807) is 29.8 Å². The van der Waals surface area contributed by atoms with Crippen molar-refractivity contribution in [2.75, 3.05) is 25.1 Å². The first kappa shape index (κ1) is 22.8. The Labute approximate surface area is 196 Å². The van der Waals surface area contributed by atoms with E-state index in [1.165, 1.54) is 7.11 Å². The Bertz CT molecular complexity index is 1180. The van der Waals surface area contributed by atoms with Gasteiger partial charge in [-0.25, -0.2) is 14.8 Å². The number of hydrogen-bond acceptors (Lipinski definition) is 8. The summed E-state index contributed by atoms with van der Waals surface area (Å²) < 4.78 is 5.78. The highest BCUT2D eigenvalue weighted by atomic mass is 32.1. The van der Waals surface area contributed by atoms with Gasteiger partial charge in [0.05, 0.1) is 22.9 Å². The van der Waals surface area contributed by atoms with Gasteiger partial charge in [-0.3, -0.25) is 10.2 Å². The lowest BCUT2D eigenvalue weighted by Crippen LogP contribution is -2.43. The van der Waals surface area contributed by atoms with Gasteiger partial charge in [-0.05, 0) is 30.5 Å². The van der Waals surface area contributed by atoms with Crippen molar-refractivity contribution in [3.05, 3.63) is 41.5 Å². The standard InChI is InChI=1S/C24H27N5O3S/c1-14(2)21(25)28-23(30)16-8-10-29(11-9-16)22-20-19(26-13-27-22)18(12-33-20)15-4-6-17(7-5-15)24(31)32-3/h4-7,12-14,16H,8-11H2,1-3H3,(H2,25,28,30). The number of nitrogens with one attached hydrogen (secondary N) is 2. The number of amides is 1. The molecule has 3 aromatic rings. The molecule has 2 N–H and O–H groups in total. The van der Waals surface area contributed by atoms with Gasteiger partial charge in [-0.1, -0.05) is 26.0 Å². The topological polar surface area (TPSA) is 108 Å². The predicted molar refractivity (Wildman–Crippen MR) is 130 cm³/mol. The Morgan fingerprint density at radius 3 is 2.52 bits per heavy atom. The molecule has 2 aromatic heterocycles. The molecule has 8 nitrogen and oxygen atoms in total. The molecule has 0 bridgehead atoms. The van der Waals surface area contributed by atoms with Crippen LogP contribution in [0.2, 0.25) is 0 Å². The highest BCUT2D eigenvalue weighted by Gasteiger charge is 2.28. The van der Waals surface area contributed by atoms with Crippen LogP contribution in [-0.2, 0) is 9.53 Å². The maximum Gasteiger partial charge on any atom is 0.337 e. The van der Waals surface area contributed by atoms with Gasteiger partial charge in [-0.15, -0.1) is 11.3 Å². The summed E-state index contributed by atoms with van der Waals surface area (Å²) in [5.41, 5.74) is 3.35. The summed E-state index contributed by atoms with van der Waals surface area (Å²) in [4.78, 5) is 35.5. The summed E-state index contributed by atoms with van der Waals surface area (Å²) in [6.07, 6.45) is 3.02. The van der Waals surface area contributed by atoms with E-state index in [-0.39, 0.29) is 29.5 Å². The number of piperidine rings is 1. The number of thiophene rings is 1. The first-order valence-corrected chi connectivity index (χ1v) is 11.8. The molecule has 33 heavy (non-hydrogen) atoms. The van der Waals surface area contributed by atoms with Gasteiger partial charge >= 0.3 is 5.97 Å². The number of nitrogens with zero attached hydrogens (tertiary/aromatic N) is 3. The van der Waals surface area contributed by atoms with Gasteiger partial charge < -0.3 is 15.0 Å². The second kappa shape index (κ2) is 9.66. The number of aromatic nitrogens is 2. The van der Waals surface area contributed by atoms with Gasteiger partial charge in [0.25, 0.3) is 0 Å². The van der Waals surface area contributed by atoms with Gasteiger partial charge in [0.1, 0.15) is 18.0 Å². The molecule has 1 aromatic carbocycles. The van der Waals surface area contributed by atoms with E-state index in [1.807, 2.05) is 26.0 Å². The lowest BCUT2D eigenvalue weighted by Gasteiger charge is -2.32. The third-order valence-electron chi connectivity index (χ3n) is 5.95. The maximum atomic E-state index is 12.5. The van der Waals surface area contributed by atoms with Crippen LogP contribution in [0, 0.1) is 17.2 Å². The zero-order valence-corrected chi connectivity index (χ0v) is 19.7. The molecular formula is C24H27N5O3S. The Kier molecular flexibility index (Phi) is 6.69. The van der Waals surface area contributed by atoms with E-state index >= 15 is 0 Å². The fourth-order valence-electron chi connectivity index (χ4n) is 3.90. The molecule has 172 valence electrons. The van der Waals surface area contributed by atoms with E-state index < -0.39 is 0 Å². The summed E-state index contributed by atoms with van der Waals surface area (Å²) in [5.74, 6) is 0.647. The van der Waals surface area contributed by atoms with Crippen molar-refractivity contribution in [3.8, 4) is 11.1 Å². The van der Waals surface area contributed by atoms with Crippen molar-refractivity contribution < 1.29 is 14.3 Å². The predicted octanol–water partition coefficient (Wildman–Crippen LogP) is 4.11. The van der Waals surface area contributed by atoms with Crippen LogP contribution in [0.4, 0.5) is 5.82 Å². The number of anilines is 1. The average Bonchev–Trinajstić information content (AvgIpc) is 3.28. The molecule has 4 rings (SSSR count). The monoisotopic (exact) mass is 465 g/mol. The summed E-state index contributed by atoms with van der Waals surface area (Å²) in [6, 6.07) is 7.30. The molecular weight excluding hydrogens is 438 g/mol. The van der Waals surface area contributed by atoms with Crippen molar-refractivity contribution in [1.82, 2.24) is 15.3 Å². The molecule has 3 heterocycles. The largest absolute Gasteiger partial charge is 0.465 e. The number of benzene rings is 1. The summed E-state index contributed by atoms with van der Waals surface area (Å²) in [7, 11) is 1.37. The molecule has 1 fully saturated rings. The van der Waals surface area contributed by atoms with Crippen LogP contribution < -0.4 is 10.2 Å². The van der Waals surface area contributed by atoms with Crippen LogP contribution in [0.3, 0.4) is 0 Å². The van der Waals surface area contributed by atoms with Crippen LogP contribution in [-0.4, -0.2) is 47.9 Å². The Hall–Kier alpha value is -3.33. The lowest BCUT2D eigenvalue weighted by atomic mass is 9.95. The number of esters is 1. The molecule has 1 saturated heterocycles. The molecule has 1 aliphatic rings. The Morgan fingerprint density at radius 1 is 1.18 bits per heavy atom. The maximum absolute atomic E-state index is 12.5. The number of hydrogen-bond donors (Lipinski definition) is 2. The second-order valence-electron chi connectivity index (χ2n) is 8.41. The molecule has 0 aliphatic carbocycles. The molecule has 1 amide bonds. The van der Waals surface area contributed by atoms with E-state index in [4.69, 9.17) is 10.1 Å². The smallest absolute Gasteiger partial charge is 0.337 e. The number of amidine groups is 1. The van der Waals surface area contributed by atoms with Crippen molar-refractivity contribution in [1.29, 1.82) is 5.41 Å². The quantitative estimate of drug-likeness (QED) is 0.333. The average molecular weight is 466 g/mol. The highest BCUT2D eigenvalue weighted by Crippen LogP contribution is 2.38. The fourth-order valence-corrected chi connectivity index (χ4v) is 4.95. The third kappa shape index (κ3) is 4.73. The van der Waals surface area contributed by atoms with E-state index in [9.17, 15) is 9.59 Å². The minimum absolute atomic E-state index is 0.00744. The normalized spacial score (nSPS) is 14.5. The van der Waals surface area contributed by atoms with Gasteiger partial charge in [0, 0.05) is 35.9 Å². The third-order valence-corrected chi connectivity index (χ3v) is 6.92. The van der Waals surface area contributed by atoms with Gasteiger partial charge in [0.15, 0.2) is 0 Å². The number of methoxy groups -OCH3 is 1. The number of carbonyl (C=O) groups is 2. The van der Waals surface area contributed by atoms with Crippen LogP contribution in [0.1, 0.15) is 37.0 Å². The Morgan fingerprint density at radius 2 is 1.88 bits per heavy atom. The first-order valence-electron chi connectivity index (χ1n) is 10.9. The SMILES string of the molecule is COC(=O)c1ccc(-c2csc3c(N4CCC(C(=O)NC(=N)C(C)C)CC4)ncnc23)cc1. The molecule has 0 saturated carbocycles. The summed E-state index contributed by atoms with van der Waals surface area (Å²) in [6.45, 7) is 5.24. The second-order valence-corrected chi connectivity index (χ2v) is 9.29. The fraction of sp³-hybridized carbons (Fsp3) is 0.375. The molecule has 0 atom stereocenters. The van der Waals surface area contributed by atoms with Gasteiger partial charge in [-0.2, -0.15) is 0 Å². The van der Waals surface area contributed by atoms with Crippen LogP contribution in [0.15, 0.2) is 36.0 Å². The van der Waals surface area contributed by atoms with E-state index in [2.05, 4.69) is 25.6 Å². The highest BCUT2D eigenvalue weighted by molar-refractivity contribution is 7.18. The Balaban J connectivity index is 1.50. The summed E-state index contributed by atoms with van der Waals surface area (Å²) >= 11 is 1.60.